The van der Waals surface area contributed by atoms with Crippen LogP contribution in [0.2, 0.25) is 0 Å². The zero-order valence-electron chi connectivity index (χ0n) is 10.6. The van der Waals surface area contributed by atoms with Crippen LogP contribution in [-0.4, -0.2) is 16.1 Å². The van der Waals surface area contributed by atoms with E-state index >= 15 is 0 Å². The molecule has 0 saturated carbocycles. The number of rotatable bonds is 4. The van der Waals surface area contributed by atoms with E-state index in [0.717, 1.165) is 5.57 Å². The van der Waals surface area contributed by atoms with Gasteiger partial charge in [0.05, 0.1) is 12.1 Å². The van der Waals surface area contributed by atoms with E-state index in [4.69, 9.17) is 5.73 Å². The van der Waals surface area contributed by atoms with Gasteiger partial charge in [0.15, 0.2) is 6.29 Å². The number of nitrogen functional groups attached to an aromatic ring is 1. The van der Waals surface area contributed by atoms with Crippen LogP contribution in [0.1, 0.15) is 17.3 Å². The first kappa shape index (κ1) is 13.0. The predicted molar refractivity (Wildman–Crippen MR) is 72.2 cm³/mol. The molecule has 0 aliphatic rings. The van der Waals surface area contributed by atoms with Crippen LogP contribution in [0.5, 0.6) is 0 Å². The highest BCUT2D eigenvalue weighted by Crippen LogP contribution is 2.26. The number of benzene rings is 1. The van der Waals surface area contributed by atoms with Crippen molar-refractivity contribution < 1.29 is 9.18 Å². The molecule has 0 aliphatic carbocycles. The highest BCUT2D eigenvalue weighted by Gasteiger charge is 2.16. The maximum Gasteiger partial charge on any atom is 0.156 e. The van der Waals surface area contributed by atoms with Crippen molar-refractivity contribution in [3.8, 4) is 11.3 Å². The molecule has 0 unspecified atom stereocenters. The molecule has 0 aliphatic heterocycles. The number of aldehydes is 1. The molecule has 0 fully saturated rings. The molecule has 0 bridgehead atoms. The molecule has 98 valence electrons. The number of aromatic nitrogens is 2. The Morgan fingerprint density at radius 1 is 1.47 bits per heavy atom. The molecule has 2 N–H and O–H groups in total. The summed E-state index contributed by atoms with van der Waals surface area (Å²) in [6.45, 7) is 6.07. The average Bonchev–Trinajstić information content (AvgIpc) is 2.66. The van der Waals surface area contributed by atoms with Crippen molar-refractivity contribution in [2.45, 2.75) is 13.5 Å². The van der Waals surface area contributed by atoms with E-state index in [9.17, 15) is 9.18 Å². The lowest BCUT2D eigenvalue weighted by Gasteiger charge is -2.02. The third-order valence-electron chi connectivity index (χ3n) is 2.69. The van der Waals surface area contributed by atoms with Crippen molar-refractivity contribution in [2.24, 2.45) is 0 Å². The Kier molecular flexibility index (Phi) is 3.46. The summed E-state index contributed by atoms with van der Waals surface area (Å²) in [4.78, 5) is 11.2. The lowest BCUT2D eigenvalue weighted by molar-refractivity contribution is 0.112. The average molecular weight is 259 g/mol. The van der Waals surface area contributed by atoms with E-state index in [0.29, 0.717) is 29.7 Å². The summed E-state index contributed by atoms with van der Waals surface area (Å²) in [5, 5.41) is 4.30. The number of hydrogen-bond acceptors (Lipinski definition) is 3. The van der Waals surface area contributed by atoms with E-state index in [2.05, 4.69) is 11.7 Å². The normalized spacial score (nSPS) is 10.4. The van der Waals surface area contributed by atoms with E-state index in [1.54, 1.807) is 12.1 Å². The Morgan fingerprint density at radius 3 is 2.63 bits per heavy atom. The van der Waals surface area contributed by atoms with Gasteiger partial charge in [0.25, 0.3) is 0 Å². The molecule has 0 radical (unpaired) electrons. The summed E-state index contributed by atoms with van der Waals surface area (Å²) in [6, 6.07) is 5.76. The first-order valence-electron chi connectivity index (χ1n) is 5.74. The summed E-state index contributed by atoms with van der Waals surface area (Å²) >= 11 is 0. The number of carbonyl (C=O) groups excluding carboxylic acids is 1. The van der Waals surface area contributed by atoms with Crippen molar-refractivity contribution in [3.63, 3.8) is 0 Å². The summed E-state index contributed by atoms with van der Waals surface area (Å²) in [7, 11) is 0. The zero-order valence-corrected chi connectivity index (χ0v) is 10.6. The van der Waals surface area contributed by atoms with Gasteiger partial charge in [-0.1, -0.05) is 12.2 Å². The summed E-state index contributed by atoms with van der Waals surface area (Å²) in [5.74, 6) is -0.0527. The Bertz CT molecular complexity index is 629. The SMILES string of the molecule is C=C(C)Cn1nc(-c2ccc(F)cc2)c(C=O)c1N. The van der Waals surface area contributed by atoms with Gasteiger partial charge in [-0.2, -0.15) is 5.10 Å². The number of carbonyl (C=O) groups is 1. The maximum absolute atomic E-state index is 12.9. The summed E-state index contributed by atoms with van der Waals surface area (Å²) < 4.78 is 14.4. The van der Waals surface area contributed by atoms with Gasteiger partial charge in [0.2, 0.25) is 0 Å². The van der Waals surface area contributed by atoms with Crippen molar-refractivity contribution in [1.82, 2.24) is 9.78 Å². The van der Waals surface area contributed by atoms with Crippen LogP contribution in [0, 0.1) is 5.82 Å². The molecule has 1 heterocycles. The Morgan fingerprint density at radius 2 is 2.11 bits per heavy atom. The smallest absolute Gasteiger partial charge is 0.156 e. The molecule has 4 nitrogen and oxygen atoms in total. The quantitative estimate of drug-likeness (QED) is 0.678. The molecular weight excluding hydrogens is 245 g/mol. The minimum Gasteiger partial charge on any atom is -0.383 e. The van der Waals surface area contributed by atoms with E-state index in [1.165, 1.54) is 16.8 Å². The van der Waals surface area contributed by atoms with Crippen molar-refractivity contribution in [3.05, 3.63) is 47.8 Å². The first-order chi connectivity index (χ1) is 9.02. The van der Waals surface area contributed by atoms with Gasteiger partial charge in [0, 0.05) is 5.56 Å². The third-order valence-corrected chi connectivity index (χ3v) is 2.69. The van der Waals surface area contributed by atoms with Gasteiger partial charge in [-0.3, -0.25) is 4.79 Å². The van der Waals surface area contributed by atoms with Crippen molar-refractivity contribution in [1.29, 1.82) is 0 Å². The molecule has 1 aromatic carbocycles. The second-order valence-electron chi connectivity index (χ2n) is 4.39. The molecular formula is C14H14FN3O. The third kappa shape index (κ3) is 2.54. The lowest BCUT2D eigenvalue weighted by Crippen LogP contribution is -2.05. The second kappa shape index (κ2) is 5.06. The van der Waals surface area contributed by atoms with Crippen LogP contribution in [0.3, 0.4) is 0 Å². The molecule has 2 aromatic rings. The van der Waals surface area contributed by atoms with Crippen LogP contribution < -0.4 is 5.73 Å². The Balaban J connectivity index is 2.53. The standard InChI is InChI=1S/C14H14FN3O/c1-9(2)7-18-14(16)12(8-19)13(17-18)10-3-5-11(15)6-4-10/h3-6,8H,1,7,16H2,2H3. The fourth-order valence-corrected chi connectivity index (χ4v) is 1.80. The molecule has 0 spiro atoms. The van der Waals surface area contributed by atoms with Crippen LogP contribution in [0.15, 0.2) is 36.4 Å². The van der Waals surface area contributed by atoms with Crippen molar-refractivity contribution >= 4 is 12.1 Å². The Hall–Kier alpha value is -2.43. The number of nitrogens with two attached hydrogens (primary N) is 1. The van der Waals surface area contributed by atoms with Gasteiger partial charge >= 0.3 is 0 Å². The number of halogens is 1. The van der Waals surface area contributed by atoms with Crippen LogP contribution >= 0.6 is 0 Å². The van der Waals surface area contributed by atoms with Gasteiger partial charge in [-0.05, 0) is 31.2 Å². The number of anilines is 1. The first-order valence-corrected chi connectivity index (χ1v) is 5.74. The molecule has 1 aromatic heterocycles. The molecule has 5 heteroatoms. The number of allylic oxidation sites excluding steroid dienone is 1. The molecule has 0 amide bonds. The minimum absolute atomic E-state index is 0.289. The van der Waals surface area contributed by atoms with E-state index < -0.39 is 0 Å². The zero-order chi connectivity index (χ0) is 14.0. The fraction of sp³-hybridized carbons (Fsp3) is 0.143. The largest absolute Gasteiger partial charge is 0.383 e. The highest BCUT2D eigenvalue weighted by molar-refractivity contribution is 5.91. The lowest BCUT2D eigenvalue weighted by atomic mass is 10.1. The van der Waals surface area contributed by atoms with Gasteiger partial charge in [0.1, 0.15) is 17.3 Å². The summed E-state index contributed by atoms with van der Waals surface area (Å²) in [5.41, 5.74) is 8.17. The summed E-state index contributed by atoms with van der Waals surface area (Å²) in [6.07, 6.45) is 0.663. The van der Waals surface area contributed by atoms with Crippen molar-refractivity contribution in [2.75, 3.05) is 5.73 Å². The molecule has 2 rings (SSSR count). The van der Waals surface area contributed by atoms with Gasteiger partial charge < -0.3 is 5.73 Å². The van der Waals surface area contributed by atoms with Gasteiger partial charge in [-0.15, -0.1) is 0 Å². The predicted octanol–water partition coefficient (Wildman–Crippen LogP) is 2.66. The van der Waals surface area contributed by atoms with Crippen LogP contribution in [0.25, 0.3) is 11.3 Å². The maximum atomic E-state index is 12.9. The second-order valence-corrected chi connectivity index (χ2v) is 4.39. The monoisotopic (exact) mass is 259 g/mol. The number of nitrogens with zero attached hydrogens (tertiary/aromatic N) is 2. The topological polar surface area (TPSA) is 60.9 Å². The van der Waals surface area contributed by atoms with E-state index in [1.807, 2.05) is 6.92 Å². The fourth-order valence-electron chi connectivity index (χ4n) is 1.80. The van der Waals surface area contributed by atoms with Crippen LogP contribution in [0.4, 0.5) is 10.2 Å². The molecule has 19 heavy (non-hydrogen) atoms. The highest BCUT2D eigenvalue weighted by atomic mass is 19.1. The molecule has 0 saturated heterocycles. The number of hydrogen-bond donors (Lipinski definition) is 1. The minimum atomic E-state index is -0.342. The van der Waals surface area contributed by atoms with Crippen LogP contribution in [-0.2, 0) is 6.54 Å². The Labute approximate surface area is 110 Å². The molecule has 0 atom stereocenters. The van der Waals surface area contributed by atoms with Gasteiger partial charge in [-0.25, -0.2) is 9.07 Å². The van der Waals surface area contributed by atoms with E-state index in [-0.39, 0.29) is 11.6 Å².